The van der Waals surface area contributed by atoms with Crippen molar-refractivity contribution in [1.82, 2.24) is 9.21 Å². The second kappa shape index (κ2) is 12.0. The van der Waals surface area contributed by atoms with Crippen LogP contribution in [0.15, 0.2) is 70.9 Å². The molecule has 3 aromatic rings. The Morgan fingerprint density at radius 1 is 1.00 bits per heavy atom. The first-order chi connectivity index (χ1) is 15.8. The first-order valence-corrected chi connectivity index (χ1v) is 13.7. The number of nitrogens with zero attached hydrogens (tertiary/aromatic N) is 2. The van der Waals surface area contributed by atoms with Gasteiger partial charge in [-0.3, -0.25) is 4.79 Å². The summed E-state index contributed by atoms with van der Waals surface area (Å²) in [6, 6.07) is 17.9. The molecule has 0 fully saturated rings. The smallest absolute Gasteiger partial charge is 0.245 e. The van der Waals surface area contributed by atoms with Crippen LogP contribution >= 0.6 is 34.5 Å². The number of hydrogen-bond donors (Lipinski definition) is 0. The molecular formula is C24H26Cl2N2O3S2. The zero-order valence-corrected chi connectivity index (χ0v) is 21.4. The highest BCUT2D eigenvalue weighted by Gasteiger charge is 2.30. The Balaban J connectivity index is 1.88. The van der Waals surface area contributed by atoms with Crippen molar-refractivity contribution >= 4 is 50.5 Å². The van der Waals surface area contributed by atoms with Crippen molar-refractivity contribution in [3.63, 3.8) is 0 Å². The average Bonchev–Trinajstić information content (AvgIpc) is 3.31. The largest absolute Gasteiger partial charge is 0.332 e. The monoisotopic (exact) mass is 524 g/mol. The van der Waals surface area contributed by atoms with Crippen LogP contribution < -0.4 is 0 Å². The average molecular weight is 526 g/mol. The first-order valence-electron chi connectivity index (χ1n) is 10.6. The highest BCUT2D eigenvalue weighted by molar-refractivity contribution is 7.89. The van der Waals surface area contributed by atoms with Crippen LogP contribution in [0, 0.1) is 0 Å². The molecule has 5 nitrogen and oxygen atoms in total. The van der Waals surface area contributed by atoms with Gasteiger partial charge in [0.15, 0.2) is 0 Å². The topological polar surface area (TPSA) is 57.7 Å². The van der Waals surface area contributed by atoms with Crippen LogP contribution in [0.5, 0.6) is 0 Å². The van der Waals surface area contributed by atoms with Crippen LogP contribution in [-0.4, -0.2) is 36.6 Å². The second-order valence-corrected chi connectivity index (χ2v) is 11.4. The first kappa shape index (κ1) is 25.7. The van der Waals surface area contributed by atoms with E-state index < -0.39 is 10.0 Å². The molecule has 0 aliphatic rings. The van der Waals surface area contributed by atoms with Crippen LogP contribution in [0.4, 0.5) is 0 Å². The van der Waals surface area contributed by atoms with Gasteiger partial charge in [0.2, 0.25) is 15.9 Å². The summed E-state index contributed by atoms with van der Waals surface area (Å²) in [4.78, 5) is 16.1. The fraction of sp³-hybridized carbons (Fsp3) is 0.292. The number of hydrogen-bond acceptors (Lipinski definition) is 4. The zero-order valence-electron chi connectivity index (χ0n) is 18.3. The normalized spacial score (nSPS) is 11.6. The lowest BCUT2D eigenvalue weighted by molar-refractivity contribution is -0.132. The number of sulfonamides is 1. The minimum atomic E-state index is -4.02. The van der Waals surface area contributed by atoms with Gasteiger partial charge in [0.1, 0.15) is 4.90 Å². The van der Waals surface area contributed by atoms with E-state index in [0.717, 1.165) is 16.9 Å². The molecule has 2 aromatic carbocycles. The summed E-state index contributed by atoms with van der Waals surface area (Å²) in [5.74, 6) is -0.273. The van der Waals surface area contributed by atoms with Gasteiger partial charge in [0.05, 0.1) is 18.1 Å². The zero-order chi connectivity index (χ0) is 23.8. The lowest BCUT2D eigenvalue weighted by Gasteiger charge is -2.27. The molecule has 1 aromatic heterocycles. The summed E-state index contributed by atoms with van der Waals surface area (Å²) in [5.41, 5.74) is 0.975. The standard InChI is InChI=1S/C24H26Cl2N2O3S2/c1-2-3-13-28(33(30,31)23-15-20(25)11-12-22(23)26)18-24(29)27(17-21-10-7-14-32-21)16-19-8-5-4-6-9-19/h4-12,14-15H,2-3,13,16-18H2,1H3. The van der Waals surface area contributed by atoms with Crippen molar-refractivity contribution in [3.05, 3.63) is 86.5 Å². The number of rotatable bonds is 11. The van der Waals surface area contributed by atoms with E-state index in [-0.39, 0.29) is 33.9 Å². The van der Waals surface area contributed by atoms with Gasteiger partial charge in [0.25, 0.3) is 0 Å². The van der Waals surface area contributed by atoms with E-state index in [4.69, 9.17) is 23.2 Å². The fourth-order valence-corrected chi connectivity index (χ4v) is 6.19. The van der Waals surface area contributed by atoms with Crippen molar-refractivity contribution in [2.24, 2.45) is 0 Å². The Morgan fingerprint density at radius 2 is 1.76 bits per heavy atom. The Morgan fingerprint density at radius 3 is 2.42 bits per heavy atom. The van der Waals surface area contributed by atoms with Gasteiger partial charge in [0, 0.05) is 23.0 Å². The third kappa shape index (κ3) is 7.04. The summed E-state index contributed by atoms with van der Waals surface area (Å²) >= 11 is 13.8. The Labute approximate surface area is 209 Å². The molecule has 1 heterocycles. The minimum absolute atomic E-state index is 0.0769. The molecule has 0 saturated carbocycles. The van der Waals surface area contributed by atoms with Crippen LogP contribution in [0.2, 0.25) is 10.0 Å². The van der Waals surface area contributed by atoms with Gasteiger partial charge in [-0.25, -0.2) is 8.42 Å². The lowest BCUT2D eigenvalue weighted by atomic mass is 10.2. The number of benzene rings is 2. The van der Waals surface area contributed by atoms with Gasteiger partial charge >= 0.3 is 0 Å². The van der Waals surface area contributed by atoms with Gasteiger partial charge in [-0.05, 0) is 41.6 Å². The van der Waals surface area contributed by atoms with E-state index in [1.54, 1.807) is 16.2 Å². The predicted molar refractivity (Wildman–Crippen MR) is 135 cm³/mol. The number of halogens is 2. The molecule has 0 aliphatic heterocycles. The van der Waals surface area contributed by atoms with Crippen molar-refractivity contribution in [2.75, 3.05) is 13.1 Å². The van der Waals surface area contributed by atoms with Gasteiger partial charge < -0.3 is 4.90 Å². The van der Waals surface area contributed by atoms with Crippen LogP contribution in [0.25, 0.3) is 0 Å². The van der Waals surface area contributed by atoms with E-state index >= 15 is 0 Å². The second-order valence-electron chi connectivity index (χ2n) is 7.58. The molecule has 1 amide bonds. The van der Waals surface area contributed by atoms with E-state index in [1.165, 1.54) is 22.5 Å². The summed E-state index contributed by atoms with van der Waals surface area (Å²) in [6.45, 7) is 2.70. The summed E-state index contributed by atoms with van der Waals surface area (Å²) in [5, 5.41) is 2.30. The highest BCUT2D eigenvalue weighted by atomic mass is 35.5. The summed E-state index contributed by atoms with van der Waals surface area (Å²) in [6.07, 6.45) is 1.40. The Hall–Kier alpha value is -1.90. The molecule has 0 unspecified atom stereocenters. The SMILES string of the molecule is CCCCN(CC(=O)N(Cc1ccccc1)Cc1cccs1)S(=O)(=O)c1cc(Cl)ccc1Cl. The molecule has 0 atom stereocenters. The van der Waals surface area contributed by atoms with Gasteiger partial charge in [-0.1, -0.05) is 72.9 Å². The van der Waals surface area contributed by atoms with Crippen molar-refractivity contribution in [2.45, 2.75) is 37.8 Å². The number of carbonyl (C=O) groups is 1. The number of amides is 1. The number of carbonyl (C=O) groups excluding carboxylic acids is 1. The van der Waals surface area contributed by atoms with E-state index in [0.29, 0.717) is 19.5 Å². The highest BCUT2D eigenvalue weighted by Crippen LogP contribution is 2.28. The van der Waals surface area contributed by atoms with Gasteiger partial charge in [-0.2, -0.15) is 4.31 Å². The third-order valence-corrected chi connectivity index (χ3v) is 8.50. The molecule has 33 heavy (non-hydrogen) atoms. The van der Waals surface area contributed by atoms with Crippen molar-refractivity contribution in [1.29, 1.82) is 0 Å². The van der Waals surface area contributed by atoms with Crippen LogP contribution in [0.1, 0.15) is 30.2 Å². The molecule has 0 N–H and O–H groups in total. The van der Waals surface area contributed by atoms with E-state index in [1.807, 2.05) is 54.8 Å². The summed E-state index contributed by atoms with van der Waals surface area (Å²) in [7, 11) is -4.02. The quantitative estimate of drug-likeness (QED) is 0.305. The van der Waals surface area contributed by atoms with E-state index in [2.05, 4.69) is 0 Å². The molecule has 0 saturated heterocycles. The predicted octanol–water partition coefficient (Wildman–Crippen LogP) is 6.07. The summed E-state index contributed by atoms with van der Waals surface area (Å²) < 4.78 is 28.1. The van der Waals surface area contributed by atoms with Gasteiger partial charge in [-0.15, -0.1) is 11.3 Å². The van der Waals surface area contributed by atoms with Crippen molar-refractivity contribution in [3.8, 4) is 0 Å². The molecule has 0 bridgehead atoms. The molecular weight excluding hydrogens is 499 g/mol. The maximum atomic E-state index is 13.5. The minimum Gasteiger partial charge on any atom is -0.332 e. The Bertz CT molecular complexity index is 1150. The molecule has 0 spiro atoms. The van der Waals surface area contributed by atoms with E-state index in [9.17, 15) is 13.2 Å². The molecule has 176 valence electrons. The molecule has 9 heteroatoms. The number of unbranched alkanes of at least 4 members (excludes halogenated alkanes) is 1. The van der Waals surface area contributed by atoms with Crippen LogP contribution in [0.3, 0.4) is 0 Å². The molecule has 3 rings (SSSR count). The maximum Gasteiger partial charge on any atom is 0.245 e. The lowest BCUT2D eigenvalue weighted by Crippen LogP contribution is -2.42. The Kier molecular flexibility index (Phi) is 9.35. The maximum absolute atomic E-state index is 13.5. The van der Waals surface area contributed by atoms with Crippen molar-refractivity contribution < 1.29 is 13.2 Å². The molecule has 0 aliphatic carbocycles. The number of thiophene rings is 1. The third-order valence-electron chi connectivity index (χ3n) is 5.08. The molecule has 0 radical (unpaired) electrons. The van der Waals surface area contributed by atoms with Crippen LogP contribution in [-0.2, 0) is 27.9 Å². The fourth-order valence-electron chi connectivity index (χ4n) is 3.31.